The zero-order valence-electron chi connectivity index (χ0n) is 13.8. The van der Waals surface area contributed by atoms with Crippen LogP contribution in [0.3, 0.4) is 0 Å². The van der Waals surface area contributed by atoms with Gasteiger partial charge in [0.05, 0.1) is 6.61 Å². The number of rotatable bonds is 13. The van der Waals surface area contributed by atoms with Gasteiger partial charge >= 0.3 is 5.97 Å². The molecule has 1 aliphatic carbocycles. The second-order valence-electron chi connectivity index (χ2n) is 5.89. The lowest BCUT2D eigenvalue weighted by atomic mass is 9.94. The highest BCUT2D eigenvalue weighted by Gasteiger charge is 2.38. The van der Waals surface area contributed by atoms with Crippen molar-refractivity contribution in [2.45, 2.75) is 64.0 Å². The molecule has 0 bridgehead atoms. The van der Waals surface area contributed by atoms with Gasteiger partial charge in [0.25, 0.3) is 0 Å². The fourth-order valence-electron chi connectivity index (χ4n) is 2.29. The fourth-order valence-corrected chi connectivity index (χ4v) is 3.23. The van der Waals surface area contributed by atoms with E-state index in [0.29, 0.717) is 12.6 Å². The van der Waals surface area contributed by atoms with E-state index in [4.69, 9.17) is 9.47 Å². The quantitative estimate of drug-likeness (QED) is 0.418. The molecular formula is C16H31NO3S. The molecule has 21 heavy (non-hydrogen) atoms. The summed E-state index contributed by atoms with van der Waals surface area (Å²) in [6, 6.07) is 0.517. The van der Waals surface area contributed by atoms with Crippen LogP contribution in [0.25, 0.3) is 0 Å². The molecule has 0 spiro atoms. The molecule has 1 unspecified atom stereocenters. The molecule has 0 aromatic carbocycles. The first kappa shape index (κ1) is 18.8. The molecule has 1 saturated carbocycles. The van der Waals surface area contributed by atoms with Crippen LogP contribution < -0.4 is 5.32 Å². The lowest BCUT2D eigenvalue weighted by Crippen LogP contribution is -2.51. The minimum absolute atomic E-state index is 0.0929. The zero-order valence-corrected chi connectivity index (χ0v) is 14.6. The number of nitrogens with one attached hydrogen (secondary N) is 1. The Morgan fingerprint density at radius 3 is 2.62 bits per heavy atom. The Kier molecular flexibility index (Phi) is 9.36. The maximum Gasteiger partial charge on any atom is 0.326 e. The van der Waals surface area contributed by atoms with Gasteiger partial charge in [0.1, 0.15) is 5.54 Å². The van der Waals surface area contributed by atoms with Crippen molar-refractivity contribution < 1.29 is 14.3 Å². The summed E-state index contributed by atoms with van der Waals surface area (Å²) in [5.41, 5.74) is -0.502. The number of methoxy groups -OCH3 is 1. The lowest BCUT2D eigenvalue weighted by Gasteiger charge is -2.28. The average Bonchev–Trinajstić information content (AvgIpc) is 3.26. The van der Waals surface area contributed by atoms with Crippen molar-refractivity contribution in [2.24, 2.45) is 0 Å². The first-order valence-corrected chi connectivity index (χ1v) is 9.29. The summed E-state index contributed by atoms with van der Waals surface area (Å²) < 4.78 is 10.3. The maximum absolute atomic E-state index is 12.2. The predicted octanol–water partition coefficient (Wildman–Crippen LogP) is 3.00. The topological polar surface area (TPSA) is 47.6 Å². The molecule has 1 fully saturated rings. The van der Waals surface area contributed by atoms with Gasteiger partial charge in [-0.3, -0.25) is 10.1 Å². The van der Waals surface area contributed by atoms with Crippen molar-refractivity contribution in [1.29, 1.82) is 0 Å². The van der Waals surface area contributed by atoms with Crippen molar-refractivity contribution in [3.05, 3.63) is 0 Å². The van der Waals surface area contributed by atoms with Gasteiger partial charge in [-0.2, -0.15) is 11.8 Å². The summed E-state index contributed by atoms with van der Waals surface area (Å²) in [5, 5.41) is 3.47. The van der Waals surface area contributed by atoms with Crippen LogP contribution >= 0.6 is 11.8 Å². The van der Waals surface area contributed by atoms with Gasteiger partial charge in [-0.15, -0.1) is 0 Å². The Hall–Kier alpha value is -0.260. The number of hydrogen-bond acceptors (Lipinski definition) is 5. The minimum Gasteiger partial charge on any atom is -0.465 e. The van der Waals surface area contributed by atoms with Crippen LogP contribution in [-0.4, -0.2) is 49.4 Å². The third-order valence-corrected chi connectivity index (χ3v) is 4.83. The van der Waals surface area contributed by atoms with E-state index in [1.54, 1.807) is 7.11 Å². The molecule has 1 aliphatic rings. The third-order valence-electron chi connectivity index (χ3n) is 3.68. The maximum atomic E-state index is 12.2. The minimum atomic E-state index is -0.502. The van der Waals surface area contributed by atoms with Crippen LogP contribution in [0, 0.1) is 0 Å². The molecule has 0 heterocycles. The molecule has 0 aliphatic heterocycles. The number of esters is 1. The largest absolute Gasteiger partial charge is 0.465 e. The molecule has 0 radical (unpaired) electrons. The van der Waals surface area contributed by atoms with Gasteiger partial charge in [0, 0.05) is 19.8 Å². The van der Waals surface area contributed by atoms with Crippen LogP contribution in [0.15, 0.2) is 0 Å². The van der Waals surface area contributed by atoms with Gasteiger partial charge < -0.3 is 9.47 Å². The molecule has 4 nitrogen and oxygen atoms in total. The summed E-state index contributed by atoms with van der Waals surface area (Å²) in [6.07, 6.45) is 6.56. The van der Waals surface area contributed by atoms with E-state index in [0.717, 1.165) is 43.8 Å². The number of thioether (sulfide) groups is 1. The molecule has 0 amide bonds. The van der Waals surface area contributed by atoms with Gasteiger partial charge in [0.15, 0.2) is 0 Å². The van der Waals surface area contributed by atoms with E-state index < -0.39 is 5.54 Å². The number of carbonyl (C=O) groups is 1. The Morgan fingerprint density at radius 1 is 1.29 bits per heavy atom. The molecular weight excluding hydrogens is 286 g/mol. The molecule has 0 aromatic rings. The highest BCUT2D eigenvalue weighted by Crippen LogP contribution is 2.26. The highest BCUT2D eigenvalue weighted by atomic mass is 32.2. The number of unbranched alkanes of at least 4 members (excludes halogenated alkanes) is 1. The lowest BCUT2D eigenvalue weighted by molar-refractivity contribution is -0.151. The third kappa shape index (κ3) is 8.07. The van der Waals surface area contributed by atoms with Gasteiger partial charge in [-0.25, -0.2) is 0 Å². The summed E-state index contributed by atoms with van der Waals surface area (Å²) in [5.74, 6) is 2.22. The molecule has 0 saturated heterocycles. The first-order valence-electron chi connectivity index (χ1n) is 8.14. The van der Waals surface area contributed by atoms with E-state index >= 15 is 0 Å². The van der Waals surface area contributed by atoms with Gasteiger partial charge in [-0.1, -0.05) is 6.42 Å². The summed E-state index contributed by atoms with van der Waals surface area (Å²) >= 11 is 1.97. The van der Waals surface area contributed by atoms with Gasteiger partial charge in [0.2, 0.25) is 0 Å². The van der Waals surface area contributed by atoms with Crippen molar-refractivity contribution in [1.82, 2.24) is 5.32 Å². The number of carbonyl (C=O) groups excluding carboxylic acids is 1. The van der Waals surface area contributed by atoms with Crippen molar-refractivity contribution in [3.63, 3.8) is 0 Å². The molecule has 124 valence electrons. The zero-order chi connectivity index (χ0) is 15.6. The first-order chi connectivity index (χ1) is 10.1. The van der Waals surface area contributed by atoms with E-state index in [9.17, 15) is 4.79 Å². The Balaban J connectivity index is 2.18. The van der Waals surface area contributed by atoms with E-state index in [1.165, 1.54) is 12.8 Å². The highest BCUT2D eigenvalue weighted by molar-refractivity contribution is 7.99. The van der Waals surface area contributed by atoms with E-state index in [1.807, 2.05) is 25.6 Å². The standard InChI is InChI=1S/C16H31NO3S/c1-4-20-15(18)16(2,17-14-8-9-14)10-5-6-12-21-13-7-11-19-3/h14,17H,4-13H2,1-3H3. The average molecular weight is 317 g/mol. The fraction of sp³-hybridized carbons (Fsp3) is 0.938. The predicted molar refractivity (Wildman–Crippen MR) is 88.9 cm³/mol. The normalized spacial score (nSPS) is 17.5. The number of hydrogen-bond donors (Lipinski definition) is 1. The van der Waals surface area contributed by atoms with Crippen LogP contribution in [0.5, 0.6) is 0 Å². The molecule has 1 rings (SSSR count). The van der Waals surface area contributed by atoms with Crippen molar-refractivity contribution in [2.75, 3.05) is 31.8 Å². The summed E-state index contributed by atoms with van der Waals surface area (Å²) in [4.78, 5) is 12.2. The number of ether oxygens (including phenoxy) is 2. The summed E-state index contributed by atoms with van der Waals surface area (Å²) in [7, 11) is 1.74. The second kappa shape index (κ2) is 10.5. The summed E-state index contributed by atoms with van der Waals surface area (Å²) in [6.45, 7) is 5.16. The SMILES string of the molecule is CCOC(=O)C(C)(CCCCSCCCOC)NC1CC1. The van der Waals surface area contributed by atoms with Gasteiger partial charge in [-0.05, 0) is 57.5 Å². The molecule has 1 atom stereocenters. The van der Waals surface area contributed by atoms with Crippen LogP contribution in [0.4, 0.5) is 0 Å². The molecule has 0 aromatic heterocycles. The van der Waals surface area contributed by atoms with E-state index in [-0.39, 0.29) is 5.97 Å². The smallest absolute Gasteiger partial charge is 0.326 e. The monoisotopic (exact) mass is 317 g/mol. The Labute approximate surface area is 133 Å². The van der Waals surface area contributed by atoms with Crippen LogP contribution in [0.2, 0.25) is 0 Å². The molecule has 1 N–H and O–H groups in total. The second-order valence-corrected chi connectivity index (χ2v) is 7.11. The Morgan fingerprint density at radius 2 is 2.00 bits per heavy atom. The molecule has 5 heteroatoms. The Bertz CT molecular complexity index is 297. The van der Waals surface area contributed by atoms with Crippen LogP contribution in [-0.2, 0) is 14.3 Å². The van der Waals surface area contributed by atoms with E-state index in [2.05, 4.69) is 5.32 Å². The van der Waals surface area contributed by atoms with Crippen molar-refractivity contribution in [3.8, 4) is 0 Å². The van der Waals surface area contributed by atoms with Crippen molar-refractivity contribution >= 4 is 17.7 Å². The van der Waals surface area contributed by atoms with Crippen LogP contribution in [0.1, 0.15) is 52.4 Å².